The summed E-state index contributed by atoms with van der Waals surface area (Å²) in [7, 11) is 0. The molecule has 2 aromatic carbocycles. The van der Waals surface area contributed by atoms with Crippen LogP contribution in [0.2, 0.25) is 0 Å². The number of tetrazole rings is 1. The van der Waals surface area contributed by atoms with Crippen LogP contribution in [0.15, 0.2) is 53.7 Å². The Labute approximate surface area is 134 Å². The van der Waals surface area contributed by atoms with Gasteiger partial charge in [0.25, 0.3) is 0 Å². The van der Waals surface area contributed by atoms with E-state index in [1.165, 1.54) is 16.7 Å². The Morgan fingerprint density at radius 3 is 2.55 bits per heavy atom. The van der Waals surface area contributed by atoms with Crippen LogP contribution in [-0.2, 0) is 0 Å². The van der Waals surface area contributed by atoms with Gasteiger partial charge in [-0.25, -0.2) is 0 Å². The first-order chi connectivity index (χ1) is 10.7. The Bertz CT molecular complexity index is 767. The molecule has 0 aliphatic rings. The van der Waals surface area contributed by atoms with Crippen molar-refractivity contribution in [3.8, 4) is 5.69 Å². The second kappa shape index (κ2) is 6.32. The van der Waals surface area contributed by atoms with E-state index in [-0.39, 0.29) is 5.25 Å². The van der Waals surface area contributed by atoms with Crippen molar-refractivity contribution in [1.29, 1.82) is 0 Å². The molecule has 3 rings (SSSR count). The Hall–Kier alpha value is -2.14. The third kappa shape index (κ3) is 2.90. The standard InChI is InChI=1S/C17H18N4S/c1-12-8-7-11-16(13(12)2)21-17(18-19-20-21)22-14(3)15-9-5-4-6-10-15/h4-11,14H,1-3H3. The molecule has 0 fully saturated rings. The Morgan fingerprint density at radius 2 is 1.77 bits per heavy atom. The fourth-order valence-electron chi connectivity index (χ4n) is 2.32. The molecule has 0 spiro atoms. The van der Waals surface area contributed by atoms with Gasteiger partial charge >= 0.3 is 0 Å². The average Bonchev–Trinajstić information content (AvgIpc) is 2.99. The first kappa shape index (κ1) is 14.8. The molecule has 0 amide bonds. The molecule has 0 saturated heterocycles. The van der Waals surface area contributed by atoms with E-state index in [2.05, 4.69) is 72.7 Å². The summed E-state index contributed by atoms with van der Waals surface area (Å²) in [6.45, 7) is 6.37. The summed E-state index contributed by atoms with van der Waals surface area (Å²) in [6, 6.07) is 16.6. The predicted molar refractivity (Wildman–Crippen MR) is 89.3 cm³/mol. The van der Waals surface area contributed by atoms with Gasteiger partial charge in [0.1, 0.15) is 0 Å². The van der Waals surface area contributed by atoms with Crippen LogP contribution in [0, 0.1) is 13.8 Å². The van der Waals surface area contributed by atoms with Crippen molar-refractivity contribution >= 4 is 11.8 Å². The van der Waals surface area contributed by atoms with E-state index < -0.39 is 0 Å². The number of hydrogen-bond donors (Lipinski definition) is 0. The van der Waals surface area contributed by atoms with Gasteiger partial charge in [-0.1, -0.05) is 54.2 Å². The van der Waals surface area contributed by atoms with Gasteiger partial charge in [0.15, 0.2) is 0 Å². The number of benzene rings is 2. The van der Waals surface area contributed by atoms with Crippen LogP contribution in [0.1, 0.15) is 28.9 Å². The SMILES string of the molecule is Cc1cccc(-n2nnnc2SC(C)c2ccccc2)c1C. The van der Waals surface area contributed by atoms with Crippen LogP contribution in [0.4, 0.5) is 0 Å². The first-order valence-corrected chi connectivity index (χ1v) is 8.11. The molecule has 1 heterocycles. The summed E-state index contributed by atoms with van der Waals surface area (Å²) in [6.07, 6.45) is 0. The van der Waals surface area contributed by atoms with Gasteiger partial charge in [0.2, 0.25) is 5.16 Å². The molecule has 22 heavy (non-hydrogen) atoms. The minimum Gasteiger partial charge on any atom is -0.187 e. The van der Waals surface area contributed by atoms with E-state index >= 15 is 0 Å². The summed E-state index contributed by atoms with van der Waals surface area (Å²) in [4.78, 5) is 0. The lowest BCUT2D eigenvalue weighted by Crippen LogP contribution is -2.03. The van der Waals surface area contributed by atoms with Crippen LogP contribution in [0.3, 0.4) is 0 Å². The molecule has 112 valence electrons. The van der Waals surface area contributed by atoms with Crippen molar-refractivity contribution in [3.05, 3.63) is 65.2 Å². The summed E-state index contributed by atoms with van der Waals surface area (Å²) in [5.41, 5.74) is 4.74. The molecule has 0 saturated carbocycles. The number of aryl methyl sites for hydroxylation is 1. The molecule has 1 aromatic heterocycles. The van der Waals surface area contributed by atoms with E-state index in [1.807, 2.05) is 16.8 Å². The summed E-state index contributed by atoms with van der Waals surface area (Å²) in [5, 5.41) is 13.3. The molecule has 4 nitrogen and oxygen atoms in total. The van der Waals surface area contributed by atoms with Crippen molar-refractivity contribution in [3.63, 3.8) is 0 Å². The zero-order valence-corrected chi connectivity index (χ0v) is 13.7. The molecule has 0 N–H and O–H groups in total. The summed E-state index contributed by atoms with van der Waals surface area (Å²) >= 11 is 1.67. The second-order valence-corrected chi connectivity index (χ2v) is 6.57. The molecule has 0 radical (unpaired) electrons. The quantitative estimate of drug-likeness (QED) is 0.680. The molecular weight excluding hydrogens is 292 g/mol. The topological polar surface area (TPSA) is 43.6 Å². The van der Waals surface area contributed by atoms with Crippen LogP contribution >= 0.6 is 11.8 Å². The molecular formula is C17H18N4S. The largest absolute Gasteiger partial charge is 0.214 e. The molecule has 1 unspecified atom stereocenters. The highest BCUT2D eigenvalue weighted by atomic mass is 32.2. The second-order valence-electron chi connectivity index (χ2n) is 5.26. The maximum atomic E-state index is 4.19. The molecule has 1 atom stereocenters. The van der Waals surface area contributed by atoms with Gasteiger partial charge in [-0.15, -0.1) is 5.10 Å². The van der Waals surface area contributed by atoms with E-state index in [9.17, 15) is 0 Å². The Balaban J connectivity index is 1.91. The highest BCUT2D eigenvalue weighted by Crippen LogP contribution is 2.34. The summed E-state index contributed by atoms with van der Waals surface area (Å²) < 4.78 is 1.83. The van der Waals surface area contributed by atoms with E-state index in [4.69, 9.17) is 0 Å². The minimum atomic E-state index is 0.288. The van der Waals surface area contributed by atoms with Gasteiger partial charge in [-0.3, -0.25) is 0 Å². The van der Waals surface area contributed by atoms with E-state index in [1.54, 1.807) is 11.8 Å². The van der Waals surface area contributed by atoms with Crippen molar-refractivity contribution < 1.29 is 0 Å². The molecule has 0 aliphatic heterocycles. The van der Waals surface area contributed by atoms with Crippen LogP contribution in [-0.4, -0.2) is 20.2 Å². The highest BCUT2D eigenvalue weighted by Gasteiger charge is 2.16. The zero-order valence-electron chi connectivity index (χ0n) is 12.9. The van der Waals surface area contributed by atoms with Gasteiger partial charge in [0, 0.05) is 5.25 Å². The van der Waals surface area contributed by atoms with Crippen molar-refractivity contribution in [2.24, 2.45) is 0 Å². The van der Waals surface area contributed by atoms with E-state index in [0.717, 1.165) is 10.8 Å². The first-order valence-electron chi connectivity index (χ1n) is 7.23. The van der Waals surface area contributed by atoms with Crippen molar-refractivity contribution in [1.82, 2.24) is 20.2 Å². The smallest absolute Gasteiger partial charge is 0.187 e. The molecule has 5 heteroatoms. The lowest BCUT2D eigenvalue weighted by molar-refractivity contribution is 0.749. The Morgan fingerprint density at radius 1 is 1.00 bits per heavy atom. The molecule has 0 bridgehead atoms. The van der Waals surface area contributed by atoms with Crippen LogP contribution in [0.25, 0.3) is 5.69 Å². The number of thioether (sulfide) groups is 1. The summed E-state index contributed by atoms with van der Waals surface area (Å²) in [5.74, 6) is 0. The van der Waals surface area contributed by atoms with Gasteiger partial charge in [-0.2, -0.15) is 4.68 Å². The van der Waals surface area contributed by atoms with Gasteiger partial charge in [0.05, 0.1) is 5.69 Å². The number of hydrogen-bond acceptors (Lipinski definition) is 4. The van der Waals surface area contributed by atoms with Gasteiger partial charge in [-0.05, 0) is 54.0 Å². The van der Waals surface area contributed by atoms with Crippen LogP contribution in [0.5, 0.6) is 0 Å². The number of rotatable bonds is 4. The highest BCUT2D eigenvalue weighted by molar-refractivity contribution is 7.99. The third-order valence-electron chi connectivity index (χ3n) is 3.80. The van der Waals surface area contributed by atoms with Crippen molar-refractivity contribution in [2.45, 2.75) is 31.2 Å². The molecule has 3 aromatic rings. The fraction of sp³-hybridized carbons (Fsp3) is 0.235. The number of nitrogens with zero attached hydrogens (tertiary/aromatic N) is 4. The number of aromatic nitrogens is 4. The normalized spacial score (nSPS) is 12.3. The van der Waals surface area contributed by atoms with E-state index in [0.29, 0.717) is 0 Å². The van der Waals surface area contributed by atoms with Gasteiger partial charge < -0.3 is 0 Å². The zero-order chi connectivity index (χ0) is 15.5. The maximum absolute atomic E-state index is 4.19. The molecule has 0 aliphatic carbocycles. The van der Waals surface area contributed by atoms with Crippen molar-refractivity contribution in [2.75, 3.05) is 0 Å². The maximum Gasteiger partial charge on any atom is 0.214 e. The monoisotopic (exact) mass is 310 g/mol. The minimum absolute atomic E-state index is 0.288. The Kier molecular flexibility index (Phi) is 4.24. The predicted octanol–water partition coefficient (Wildman–Crippen LogP) is 4.13. The lowest BCUT2D eigenvalue weighted by atomic mass is 10.1. The van der Waals surface area contributed by atoms with Crippen LogP contribution < -0.4 is 0 Å². The fourth-order valence-corrected chi connectivity index (χ4v) is 3.25. The lowest BCUT2D eigenvalue weighted by Gasteiger charge is -2.13. The third-order valence-corrected chi connectivity index (χ3v) is 4.89. The average molecular weight is 310 g/mol.